The summed E-state index contributed by atoms with van der Waals surface area (Å²) in [7, 11) is 1.88. The maximum Gasteiger partial charge on any atom is 0.182 e. The predicted molar refractivity (Wildman–Crippen MR) is 44.2 cm³/mol. The summed E-state index contributed by atoms with van der Waals surface area (Å²) in [5.74, 6) is 0.825. The van der Waals surface area contributed by atoms with E-state index in [1.807, 2.05) is 17.7 Å². The van der Waals surface area contributed by atoms with E-state index in [-0.39, 0.29) is 0 Å². The Hall–Kier alpha value is -1.49. The van der Waals surface area contributed by atoms with Gasteiger partial charge in [0.15, 0.2) is 5.65 Å². The van der Waals surface area contributed by atoms with Gasteiger partial charge in [0.2, 0.25) is 0 Å². The van der Waals surface area contributed by atoms with Crippen LogP contribution < -0.4 is 5.73 Å². The van der Waals surface area contributed by atoms with E-state index in [1.54, 1.807) is 6.20 Å². The molecule has 0 fully saturated rings. The van der Waals surface area contributed by atoms with Gasteiger partial charge in [0.05, 0.1) is 12.7 Å². The molecule has 2 rings (SSSR count). The van der Waals surface area contributed by atoms with Crippen molar-refractivity contribution >= 4 is 11.2 Å². The van der Waals surface area contributed by atoms with Crippen LogP contribution in [0.2, 0.25) is 0 Å². The van der Waals surface area contributed by atoms with E-state index in [4.69, 9.17) is 5.73 Å². The fraction of sp³-hybridized carbons (Fsp3) is 0.286. The second kappa shape index (κ2) is 2.53. The van der Waals surface area contributed by atoms with Crippen molar-refractivity contribution in [1.82, 2.24) is 19.7 Å². The highest BCUT2D eigenvalue weighted by Gasteiger charge is 2.05. The zero-order chi connectivity index (χ0) is 8.55. The minimum absolute atomic E-state index is 0.423. The van der Waals surface area contributed by atoms with Crippen LogP contribution >= 0.6 is 0 Å². The van der Waals surface area contributed by atoms with Crippen molar-refractivity contribution in [3.05, 3.63) is 18.1 Å². The van der Waals surface area contributed by atoms with Gasteiger partial charge in [0.25, 0.3) is 0 Å². The average Bonchev–Trinajstić information content (AvgIpc) is 2.44. The van der Waals surface area contributed by atoms with Gasteiger partial charge >= 0.3 is 0 Å². The molecule has 0 radical (unpaired) electrons. The van der Waals surface area contributed by atoms with Gasteiger partial charge in [-0.1, -0.05) is 0 Å². The molecule has 0 aliphatic rings. The molecule has 0 aromatic carbocycles. The summed E-state index contributed by atoms with van der Waals surface area (Å²) in [6.45, 7) is 0.423. The first kappa shape index (κ1) is 7.17. The molecule has 5 heteroatoms. The third-order valence-corrected chi connectivity index (χ3v) is 1.82. The first-order chi connectivity index (χ1) is 5.83. The number of nitrogens with two attached hydrogens (primary N) is 1. The van der Waals surface area contributed by atoms with Gasteiger partial charge in [-0.05, 0) is 6.07 Å². The second-order valence-electron chi connectivity index (χ2n) is 2.53. The van der Waals surface area contributed by atoms with Crippen molar-refractivity contribution in [2.75, 3.05) is 0 Å². The van der Waals surface area contributed by atoms with Crippen LogP contribution in [0.1, 0.15) is 5.82 Å². The molecule has 62 valence electrons. The fourth-order valence-corrected chi connectivity index (χ4v) is 1.16. The van der Waals surface area contributed by atoms with Crippen LogP contribution in [0.5, 0.6) is 0 Å². The summed E-state index contributed by atoms with van der Waals surface area (Å²) >= 11 is 0. The third-order valence-electron chi connectivity index (χ3n) is 1.82. The molecular formula is C7H9N5. The molecule has 12 heavy (non-hydrogen) atoms. The first-order valence-corrected chi connectivity index (χ1v) is 3.66. The van der Waals surface area contributed by atoms with Crippen molar-refractivity contribution in [1.29, 1.82) is 0 Å². The number of aromatic nitrogens is 4. The second-order valence-corrected chi connectivity index (χ2v) is 2.53. The van der Waals surface area contributed by atoms with Crippen molar-refractivity contribution in [2.24, 2.45) is 12.8 Å². The number of fused-ring (bicyclic) bond motifs is 1. The molecule has 0 atom stereocenters. The molecule has 0 unspecified atom stereocenters. The van der Waals surface area contributed by atoms with Crippen LogP contribution in [0, 0.1) is 0 Å². The van der Waals surface area contributed by atoms with Crippen LogP contribution in [0.3, 0.4) is 0 Å². The van der Waals surface area contributed by atoms with Crippen LogP contribution in [0.15, 0.2) is 12.3 Å². The summed E-state index contributed by atoms with van der Waals surface area (Å²) in [4.78, 5) is 4.27. The van der Waals surface area contributed by atoms with Crippen LogP contribution in [-0.2, 0) is 13.6 Å². The van der Waals surface area contributed by atoms with Gasteiger partial charge in [0.1, 0.15) is 11.3 Å². The Bertz CT molecular complexity index is 405. The number of aryl methyl sites for hydroxylation is 1. The summed E-state index contributed by atoms with van der Waals surface area (Å²) < 4.78 is 1.85. The average molecular weight is 163 g/mol. The summed E-state index contributed by atoms with van der Waals surface area (Å²) in [5.41, 5.74) is 7.10. The Morgan fingerprint density at radius 1 is 1.58 bits per heavy atom. The molecule has 0 amide bonds. The Balaban J connectivity index is 2.78. The largest absolute Gasteiger partial charge is 0.324 e. The van der Waals surface area contributed by atoms with Crippen molar-refractivity contribution in [2.45, 2.75) is 6.54 Å². The highest BCUT2D eigenvalue weighted by molar-refractivity contribution is 5.70. The van der Waals surface area contributed by atoms with Gasteiger partial charge in [-0.25, -0.2) is 4.98 Å². The topological polar surface area (TPSA) is 69.6 Å². The Morgan fingerprint density at radius 3 is 3.08 bits per heavy atom. The third kappa shape index (κ3) is 0.868. The maximum atomic E-state index is 5.48. The van der Waals surface area contributed by atoms with E-state index in [1.165, 1.54) is 0 Å². The minimum atomic E-state index is 0.423. The molecule has 0 aliphatic carbocycles. The highest BCUT2D eigenvalue weighted by atomic mass is 15.2. The number of hydrogen-bond acceptors (Lipinski definition) is 4. The predicted octanol–water partition coefficient (Wildman–Crippen LogP) is -0.178. The molecule has 2 N–H and O–H groups in total. The van der Waals surface area contributed by atoms with Gasteiger partial charge in [-0.3, -0.25) is 0 Å². The number of rotatable bonds is 1. The molecule has 0 bridgehead atoms. The molecule has 2 aromatic heterocycles. The highest BCUT2D eigenvalue weighted by Crippen LogP contribution is 2.09. The van der Waals surface area contributed by atoms with E-state index in [2.05, 4.69) is 15.2 Å². The van der Waals surface area contributed by atoms with E-state index in [0.717, 1.165) is 17.0 Å². The Kier molecular flexibility index (Phi) is 1.51. The van der Waals surface area contributed by atoms with Gasteiger partial charge in [-0.2, -0.15) is 5.10 Å². The molecule has 0 saturated heterocycles. The monoisotopic (exact) mass is 163 g/mol. The summed E-state index contributed by atoms with van der Waals surface area (Å²) in [5, 5.41) is 7.71. The maximum absolute atomic E-state index is 5.48. The summed E-state index contributed by atoms with van der Waals surface area (Å²) in [6, 6.07) is 1.82. The van der Waals surface area contributed by atoms with Crippen LogP contribution in [0.4, 0.5) is 0 Å². The van der Waals surface area contributed by atoms with Gasteiger partial charge in [0, 0.05) is 7.05 Å². The smallest absolute Gasteiger partial charge is 0.182 e. The quantitative estimate of drug-likeness (QED) is 0.633. The Morgan fingerprint density at radius 2 is 2.42 bits per heavy atom. The number of hydrogen-bond donors (Lipinski definition) is 1. The zero-order valence-electron chi connectivity index (χ0n) is 6.73. The lowest BCUT2D eigenvalue weighted by Crippen LogP contribution is -2.04. The lowest BCUT2D eigenvalue weighted by molar-refractivity contribution is 0.800. The van der Waals surface area contributed by atoms with Crippen molar-refractivity contribution in [3.63, 3.8) is 0 Å². The minimum Gasteiger partial charge on any atom is -0.324 e. The van der Waals surface area contributed by atoms with Crippen LogP contribution in [-0.4, -0.2) is 19.7 Å². The van der Waals surface area contributed by atoms with E-state index in [0.29, 0.717) is 6.54 Å². The van der Waals surface area contributed by atoms with E-state index >= 15 is 0 Å². The molecule has 2 aromatic rings. The van der Waals surface area contributed by atoms with E-state index < -0.39 is 0 Å². The lowest BCUT2D eigenvalue weighted by atomic mass is 10.5. The molecular weight excluding hydrogens is 154 g/mol. The molecule has 2 heterocycles. The summed E-state index contributed by atoms with van der Waals surface area (Å²) in [6.07, 6.45) is 1.62. The number of imidazole rings is 1. The lowest BCUT2D eigenvalue weighted by Gasteiger charge is -1.95. The van der Waals surface area contributed by atoms with Gasteiger partial charge < -0.3 is 10.3 Å². The first-order valence-electron chi connectivity index (χ1n) is 3.66. The fourth-order valence-electron chi connectivity index (χ4n) is 1.16. The van der Waals surface area contributed by atoms with Crippen LogP contribution in [0.25, 0.3) is 11.2 Å². The standard InChI is InChI=1S/C7H9N5/c1-12-6(4-8)10-5-2-3-9-11-7(5)12/h2-3H,4,8H2,1H3. The zero-order valence-corrected chi connectivity index (χ0v) is 6.73. The molecule has 5 nitrogen and oxygen atoms in total. The SMILES string of the molecule is Cn1c(CN)nc2ccnnc21. The van der Waals surface area contributed by atoms with Crippen molar-refractivity contribution in [3.8, 4) is 0 Å². The Labute approximate surface area is 69.2 Å². The number of nitrogens with zero attached hydrogens (tertiary/aromatic N) is 4. The normalized spacial score (nSPS) is 10.8. The van der Waals surface area contributed by atoms with Crippen molar-refractivity contribution < 1.29 is 0 Å². The molecule has 0 aliphatic heterocycles. The molecule has 0 spiro atoms. The molecule has 0 saturated carbocycles. The van der Waals surface area contributed by atoms with E-state index in [9.17, 15) is 0 Å². The van der Waals surface area contributed by atoms with Gasteiger partial charge in [-0.15, -0.1) is 5.10 Å².